The maximum Gasteiger partial charge on any atom is 0.279 e. The van der Waals surface area contributed by atoms with Crippen molar-refractivity contribution in [2.75, 3.05) is 23.3 Å². The average molecular weight is 573 g/mol. The Hall–Kier alpha value is -3.51. The highest BCUT2D eigenvalue weighted by atomic mass is 35.5. The lowest BCUT2D eigenvalue weighted by molar-refractivity contribution is -0.114. The second-order valence-corrected chi connectivity index (χ2v) is 11.3. The number of ether oxygens (including phenoxy) is 1. The molecule has 0 aliphatic rings. The average Bonchev–Trinajstić information content (AvgIpc) is 3.20. The number of halogens is 1. The molecule has 0 fully saturated rings. The summed E-state index contributed by atoms with van der Waals surface area (Å²) in [7, 11) is -3.81. The van der Waals surface area contributed by atoms with Gasteiger partial charge in [0, 0.05) is 42.0 Å². The molecule has 4 rings (SSSR count). The summed E-state index contributed by atoms with van der Waals surface area (Å²) in [5.74, 6) is -0.653. The minimum absolute atomic E-state index is 0.0695. The topological polar surface area (TPSA) is 119 Å². The van der Waals surface area contributed by atoms with Crippen molar-refractivity contribution < 1.29 is 22.7 Å². The smallest absolute Gasteiger partial charge is 0.279 e. The number of rotatable bonds is 9. The lowest BCUT2D eigenvalue weighted by Crippen LogP contribution is -2.19. The molecule has 0 unspecified atom stereocenters. The number of carbonyl (C=O) groups excluding carboxylic acids is 2. The number of thiazole rings is 1. The maximum absolute atomic E-state index is 13.0. The Morgan fingerprint density at radius 2 is 1.71 bits per heavy atom. The number of nitrogens with zero attached hydrogens (tertiary/aromatic N) is 2. The predicted octanol–water partition coefficient (Wildman–Crippen LogP) is 4.89. The van der Waals surface area contributed by atoms with Crippen molar-refractivity contribution in [1.82, 2.24) is 4.57 Å². The number of benzene rings is 3. The van der Waals surface area contributed by atoms with Gasteiger partial charge in [0.25, 0.3) is 15.9 Å². The number of hydrogen-bond donors (Lipinski definition) is 2. The molecule has 9 nitrogen and oxygen atoms in total. The van der Waals surface area contributed by atoms with Gasteiger partial charge in [0.05, 0.1) is 21.7 Å². The maximum atomic E-state index is 13.0. The molecule has 12 heteroatoms. The lowest BCUT2D eigenvalue weighted by atomic mass is 10.2. The summed E-state index contributed by atoms with van der Waals surface area (Å²) >= 11 is 7.16. The Bertz CT molecular complexity index is 1640. The van der Waals surface area contributed by atoms with Crippen LogP contribution in [0.4, 0.5) is 11.4 Å². The second kappa shape index (κ2) is 11.9. The molecule has 0 saturated carbocycles. The highest BCUT2D eigenvalue weighted by Crippen LogP contribution is 2.23. The summed E-state index contributed by atoms with van der Waals surface area (Å²) in [6.45, 7) is 4.84. The minimum Gasteiger partial charge on any atom is -0.380 e. The van der Waals surface area contributed by atoms with E-state index in [1.807, 2.05) is 23.6 Å². The zero-order chi connectivity index (χ0) is 27.3. The minimum atomic E-state index is -3.81. The Kier molecular flexibility index (Phi) is 8.62. The third-order valence-electron chi connectivity index (χ3n) is 5.37. The van der Waals surface area contributed by atoms with Gasteiger partial charge in [-0.2, -0.15) is 4.99 Å². The van der Waals surface area contributed by atoms with E-state index < -0.39 is 15.9 Å². The molecule has 1 aromatic heterocycles. The van der Waals surface area contributed by atoms with Crippen LogP contribution in [-0.4, -0.2) is 38.0 Å². The Labute approximate surface area is 228 Å². The van der Waals surface area contributed by atoms with E-state index in [1.165, 1.54) is 66.8 Å². The van der Waals surface area contributed by atoms with Gasteiger partial charge in [0.1, 0.15) is 0 Å². The zero-order valence-corrected chi connectivity index (χ0v) is 23.0. The first-order chi connectivity index (χ1) is 18.2. The van der Waals surface area contributed by atoms with Gasteiger partial charge in [-0.05, 0) is 73.7 Å². The van der Waals surface area contributed by atoms with E-state index in [0.717, 1.165) is 10.2 Å². The fraction of sp³-hybridized carbons (Fsp3) is 0.192. The fourth-order valence-corrected chi connectivity index (χ4v) is 5.89. The van der Waals surface area contributed by atoms with Crippen molar-refractivity contribution >= 4 is 66.4 Å². The summed E-state index contributed by atoms with van der Waals surface area (Å²) in [4.78, 5) is 29.4. The lowest BCUT2D eigenvalue weighted by Gasteiger charge is -2.08. The monoisotopic (exact) mass is 572 g/mol. The number of hydrogen-bond acceptors (Lipinski definition) is 6. The normalized spacial score (nSPS) is 12.0. The van der Waals surface area contributed by atoms with Crippen molar-refractivity contribution in [2.45, 2.75) is 25.3 Å². The summed E-state index contributed by atoms with van der Waals surface area (Å²) in [5, 5.41) is 3.19. The van der Waals surface area contributed by atoms with Crippen LogP contribution in [0.2, 0.25) is 5.02 Å². The van der Waals surface area contributed by atoms with Crippen molar-refractivity contribution in [1.29, 1.82) is 0 Å². The largest absolute Gasteiger partial charge is 0.380 e. The number of sulfonamides is 1. The van der Waals surface area contributed by atoms with E-state index in [2.05, 4.69) is 15.0 Å². The summed E-state index contributed by atoms with van der Waals surface area (Å²) < 4.78 is 36.0. The Morgan fingerprint density at radius 3 is 2.37 bits per heavy atom. The molecular weight excluding hydrogens is 548 g/mol. The first-order valence-electron chi connectivity index (χ1n) is 11.6. The van der Waals surface area contributed by atoms with Crippen LogP contribution in [0.3, 0.4) is 0 Å². The number of anilines is 2. The number of amides is 2. The molecule has 0 atom stereocenters. The molecule has 3 aromatic carbocycles. The molecule has 2 amide bonds. The van der Waals surface area contributed by atoms with E-state index in [0.29, 0.717) is 46.5 Å². The van der Waals surface area contributed by atoms with Crippen LogP contribution in [0.5, 0.6) is 0 Å². The third kappa shape index (κ3) is 6.67. The summed E-state index contributed by atoms with van der Waals surface area (Å²) in [6.07, 6.45) is 0. The van der Waals surface area contributed by atoms with E-state index in [-0.39, 0.29) is 10.8 Å². The van der Waals surface area contributed by atoms with Crippen molar-refractivity contribution in [3.8, 4) is 0 Å². The summed E-state index contributed by atoms with van der Waals surface area (Å²) in [5.41, 5.74) is 2.11. The molecule has 0 spiro atoms. The van der Waals surface area contributed by atoms with Gasteiger partial charge in [-0.3, -0.25) is 14.3 Å². The molecule has 0 saturated heterocycles. The fourth-order valence-electron chi connectivity index (χ4n) is 3.62. The van der Waals surface area contributed by atoms with Crippen molar-refractivity contribution in [2.24, 2.45) is 4.99 Å². The van der Waals surface area contributed by atoms with Gasteiger partial charge >= 0.3 is 0 Å². The molecule has 4 aromatic rings. The molecule has 0 radical (unpaired) electrons. The predicted molar refractivity (Wildman–Crippen MR) is 149 cm³/mol. The number of nitrogens with one attached hydrogen (secondary N) is 2. The van der Waals surface area contributed by atoms with E-state index in [9.17, 15) is 18.0 Å². The molecular formula is C26H25ClN4O5S2. The molecule has 0 aliphatic heterocycles. The van der Waals surface area contributed by atoms with Crippen LogP contribution < -0.4 is 14.8 Å². The quantitative estimate of drug-likeness (QED) is 0.277. The number of carbonyl (C=O) groups is 2. The van der Waals surface area contributed by atoms with Gasteiger partial charge in [-0.15, -0.1) is 0 Å². The van der Waals surface area contributed by atoms with Crippen LogP contribution in [0.1, 0.15) is 24.2 Å². The van der Waals surface area contributed by atoms with E-state index in [4.69, 9.17) is 16.3 Å². The first-order valence-corrected chi connectivity index (χ1v) is 14.3. The van der Waals surface area contributed by atoms with Crippen molar-refractivity contribution in [3.63, 3.8) is 0 Å². The van der Waals surface area contributed by atoms with Gasteiger partial charge < -0.3 is 14.6 Å². The van der Waals surface area contributed by atoms with Gasteiger partial charge in [-0.25, -0.2) is 8.42 Å². The highest BCUT2D eigenvalue weighted by Gasteiger charge is 2.15. The molecule has 2 N–H and O–H groups in total. The zero-order valence-electron chi connectivity index (χ0n) is 20.6. The second-order valence-electron chi connectivity index (χ2n) is 8.15. The first kappa shape index (κ1) is 27.5. The Morgan fingerprint density at radius 1 is 1.03 bits per heavy atom. The van der Waals surface area contributed by atoms with Crippen LogP contribution in [-0.2, 0) is 26.1 Å². The van der Waals surface area contributed by atoms with Gasteiger partial charge in [-0.1, -0.05) is 22.9 Å². The Balaban J connectivity index is 1.60. The van der Waals surface area contributed by atoms with E-state index >= 15 is 0 Å². The number of fused-ring (bicyclic) bond motifs is 1. The van der Waals surface area contributed by atoms with Gasteiger partial charge in [0.15, 0.2) is 4.80 Å². The molecule has 1 heterocycles. The SMILES string of the molecule is CCOCCn1c(=NC(=O)c2ccc(NS(=O)(=O)c3ccc(Cl)cc3)cc2)sc2cc(NC(C)=O)ccc21. The molecule has 38 heavy (non-hydrogen) atoms. The molecule has 198 valence electrons. The highest BCUT2D eigenvalue weighted by molar-refractivity contribution is 7.92. The van der Waals surface area contributed by atoms with E-state index in [1.54, 1.807) is 6.07 Å². The van der Waals surface area contributed by atoms with Gasteiger partial charge in [0.2, 0.25) is 5.91 Å². The standard InChI is InChI=1S/C26H25ClN4O5S2/c1-3-36-15-14-31-23-13-10-21(28-17(2)32)16-24(23)37-26(31)29-25(33)18-4-8-20(9-5-18)30-38(34,35)22-11-6-19(27)7-12-22/h4-13,16,30H,3,14-15H2,1-2H3,(H,28,32). The van der Waals surface area contributed by atoms with Crippen molar-refractivity contribution in [3.05, 3.63) is 82.1 Å². The molecule has 0 bridgehead atoms. The van der Waals surface area contributed by atoms with Crippen LogP contribution in [0, 0.1) is 0 Å². The van der Waals surface area contributed by atoms with Crippen LogP contribution in [0.25, 0.3) is 10.2 Å². The summed E-state index contributed by atoms with van der Waals surface area (Å²) in [6, 6.07) is 17.3. The number of aromatic nitrogens is 1. The molecule has 0 aliphatic carbocycles. The van der Waals surface area contributed by atoms with Crippen LogP contribution >= 0.6 is 22.9 Å². The van der Waals surface area contributed by atoms with Crippen LogP contribution in [0.15, 0.2) is 76.6 Å². The third-order valence-corrected chi connectivity index (χ3v) is 8.06.